The molecule has 0 bridgehead atoms. The molecule has 2 aromatic heterocycles. The first-order chi connectivity index (χ1) is 12.1. The van der Waals surface area contributed by atoms with Crippen LogP contribution in [0.4, 0.5) is 0 Å². The van der Waals surface area contributed by atoms with Crippen LogP contribution in [-0.4, -0.2) is 56.6 Å². The largest absolute Gasteiger partial charge is 0.476 e. The first kappa shape index (κ1) is 17.0. The zero-order valence-electron chi connectivity index (χ0n) is 13.9. The quantitative estimate of drug-likeness (QED) is 0.842. The van der Waals surface area contributed by atoms with E-state index >= 15 is 0 Å². The van der Waals surface area contributed by atoms with Crippen LogP contribution in [0.1, 0.15) is 40.8 Å². The summed E-state index contributed by atoms with van der Waals surface area (Å²) in [6.45, 7) is 4.07. The second-order valence-electron chi connectivity index (χ2n) is 5.94. The van der Waals surface area contributed by atoms with Gasteiger partial charge in [-0.1, -0.05) is 5.21 Å². The maximum Gasteiger partial charge on any atom is 0.358 e. The first-order valence-electron chi connectivity index (χ1n) is 8.22. The number of hydrogen-bond donors (Lipinski definition) is 1. The standard InChI is InChI=1S/C16H20N4O5/c1-2-24-14-6-5-13(25-14)15(21)19-7-3-4-11(8-19)9-20-10-12(16(22)23)17-18-20/h5-6,10-11H,2-4,7-9H2,1H3,(H,22,23). The van der Waals surface area contributed by atoms with Crippen molar-refractivity contribution in [2.24, 2.45) is 5.92 Å². The highest BCUT2D eigenvalue weighted by molar-refractivity contribution is 5.91. The number of carboxylic acids is 1. The molecule has 1 unspecified atom stereocenters. The van der Waals surface area contributed by atoms with Gasteiger partial charge in [0.05, 0.1) is 12.8 Å². The summed E-state index contributed by atoms with van der Waals surface area (Å²) in [7, 11) is 0. The van der Waals surface area contributed by atoms with Crippen molar-refractivity contribution in [1.29, 1.82) is 0 Å². The number of ether oxygens (including phenoxy) is 1. The molecule has 0 aliphatic carbocycles. The molecule has 1 fully saturated rings. The van der Waals surface area contributed by atoms with E-state index in [0.717, 1.165) is 12.8 Å². The number of nitrogens with zero attached hydrogens (tertiary/aromatic N) is 4. The number of likely N-dealkylation sites (tertiary alicyclic amines) is 1. The number of furan rings is 1. The zero-order chi connectivity index (χ0) is 17.8. The summed E-state index contributed by atoms with van der Waals surface area (Å²) >= 11 is 0. The van der Waals surface area contributed by atoms with Crippen molar-refractivity contribution in [2.75, 3.05) is 19.7 Å². The van der Waals surface area contributed by atoms with E-state index in [1.165, 1.54) is 10.9 Å². The van der Waals surface area contributed by atoms with E-state index in [1.54, 1.807) is 17.0 Å². The van der Waals surface area contributed by atoms with Crippen molar-refractivity contribution >= 4 is 11.9 Å². The Hall–Kier alpha value is -2.84. The number of hydrogen-bond acceptors (Lipinski definition) is 6. The third-order valence-corrected chi connectivity index (χ3v) is 4.09. The molecule has 25 heavy (non-hydrogen) atoms. The molecule has 3 rings (SSSR count). The summed E-state index contributed by atoms with van der Waals surface area (Å²) in [5.74, 6) is -0.487. The highest BCUT2D eigenvalue weighted by atomic mass is 16.6. The van der Waals surface area contributed by atoms with Gasteiger partial charge in [-0.2, -0.15) is 0 Å². The molecule has 134 valence electrons. The van der Waals surface area contributed by atoms with Crippen LogP contribution in [0, 0.1) is 5.92 Å². The predicted octanol–water partition coefficient (Wildman–Crippen LogP) is 1.52. The third kappa shape index (κ3) is 3.98. The molecule has 9 nitrogen and oxygen atoms in total. The number of aromatic carboxylic acids is 1. The number of amides is 1. The highest BCUT2D eigenvalue weighted by Crippen LogP contribution is 2.22. The van der Waals surface area contributed by atoms with Gasteiger partial charge >= 0.3 is 5.97 Å². The van der Waals surface area contributed by atoms with Crippen molar-refractivity contribution in [3.05, 3.63) is 29.8 Å². The molecule has 1 N–H and O–H groups in total. The molecule has 0 aromatic carbocycles. The Kier molecular flexibility index (Phi) is 5.01. The summed E-state index contributed by atoms with van der Waals surface area (Å²) in [6, 6.07) is 3.26. The van der Waals surface area contributed by atoms with Crippen LogP contribution < -0.4 is 4.74 Å². The molecule has 1 atom stereocenters. The smallest absolute Gasteiger partial charge is 0.358 e. The lowest BCUT2D eigenvalue weighted by Gasteiger charge is -2.32. The fraction of sp³-hybridized carbons (Fsp3) is 0.500. The fourth-order valence-corrected chi connectivity index (χ4v) is 2.96. The number of carbonyl (C=O) groups excluding carboxylic acids is 1. The van der Waals surface area contributed by atoms with Crippen LogP contribution in [0.5, 0.6) is 5.95 Å². The van der Waals surface area contributed by atoms with Crippen molar-refractivity contribution in [2.45, 2.75) is 26.3 Å². The maximum atomic E-state index is 12.6. The van der Waals surface area contributed by atoms with E-state index in [0.29, 0.717) is 32.2 Å². The van der Waals surface area contributed by atoms with E-state index in [2.05, 4.69) is 10.3 Å². The van der Waals surface area contributed by atoms with Gasteiger partial charge < -0.3 is 19.2 Å². The lowest BCUT2D eigenvalue weighted by Crippen LogP contribution is -2.41. The van der Waals surface area contributed by atoms with Crippen LogP contribution in [0.25, 0.3) is 0 Å². The van der Waals surface area contributed by atoms with Gasteiger partial charge in [0, 0.05) is 25.7 Å². The highest BCUT2D eigenvalue weighted by Gasteiger charge is 2.27. The molecule has 1 aliphatic rings. The van der Waals surface area contributed by atoms with Crippen LogP contribution >= 0.6 is 0 Å². The fourth-order valence-electron chi connectivity index (χ4n) is 2.96. The molecule has 0 spiro atoms. The van der Waals surface area contributed by atoms with Crippen molar-refractivity contribution in [3.8, 4) is 5.95 Å². The van der Waals surface area contributed by atoms with Gasteiger partial charge in [0.25, 0.3) is 11.9 Å². The number of carboxylic acid groups (broad SMARTS) is 1. The summed E-state index contributed by atoms with van der Waals surface area (Å²) < 4.78 is 12.2. The van der Waals surface area contributed by atoms with E-state index in [9.17, 15) is 9.59 Å². The summed E-state index contributed by atoms with van der Waals surface area (Å²) in [5, 5.41) is 16.3. The average molecular weight is 348 g/mol. The monoisotopic (exact) mass is 348 g/mol. The predicted molar refractivity (Wildman–Crippen MR) is 85.5 cm³/mol. The lowest BCUT2D eigenvalue weighted by atomic mass is 9.98. The molecule has 3 heterocycles. The Morgan fingerprint density at radius 1 is 1.44 bits per heavy atom. The number of rotatable bonds is 6. The molecule has 1 amide bonds. The zero-order valence-corrected chi connectivity index (χ0v) is 13.9. The van der Waals surface area contributed by atoms with Crippen molar-refractivity contribution in [1.82, 2.24) is 19.9 Å². The van der Waals surface area contributed by atoms with E-state index in [4.69, 9.17) is 14.3 Å². The minimum Gasteiger partial charge on any atom is -0.476 e. The second kappa shape index (κ2) is 7.37. The third-order valence-electron chi connectivity index (χ3n) is 4.09. The van der Waals surface area contributed by atoms with Crippen LogP contribution in [-0.2, 0) is 6.54 Å². The van der Waals surface area contributed by atoms with Gasteiger partial charge in [-0.3, -0.25) is 9.48 Å². The molecular weight excluding hydrogens is 328 g/mol. The van der Waals surface area contributed by atoms with Gasteiger partial charge in [0.1, 0.15) is 0 Å². The Balaban J connectivity index is 1.61. The number of carbonyl (C=O) groups is 2. The van der Waals surface area contributed by atoms with Gasteiger partial charge in [-0.15, -0.1) is 5.10 Å². The Labute approximate surface area is 144 Å². The molecule has 0 radical (unpaired) electrons. The first-order valence-corrected chi connectivity index (χ1v) is 8.22. The van der Waals surface area contributed by atoms with Crippen molar-refractivity contribution in [3.63, 3.8) is 0 Å². The minimum absolute atomic E-state index is 0.0808. The van der Waals surface area contributed by atoms with Crippen LogP contribution in [0.3, 0.4) is 0 Å². The molecule has 9 heteroatoms. The van der Waals surface area contributed by atoms with Gasteiger partial charge in [-0.05, 0) is 31.7 Å². The van der Waals surface area contributed by atoms with E-state index < -0.39 is 5.97 Å². The van der Waals surface area contributed by atoms with Gasteiger partial charge in [0.15, 0.2) is 11.5 Å². The summed E-state index contributed by atoms with van der Waals surface area (Å²) in [6.07, 6.45) is 3.22. The normalized spacial score (nSPS) is 17.5. The van der Waals surface area contributed by atoms with Crippen LogP contribution in [0.15, 0.2) is 22.7 Å². The second-order valence-corrected chi connectivity index (χ2v) is 5.94. The van der Waals surface area contributed by atoms with Gasteiger partial charge in [0.2, 0.25) is 0 Å². The number of aromatic nitrogens is 3. The van der Waals surface area contributed by atoms with Gasteiger partial charge in [-0.25, -0.2) is 4.79 Å². The Morgan fingerprint density at radius 3 is 3.00 bits per heavy atom. The van der Waals surface area contributed by atoms with E-state index in [1.807, 2.05) is 6.92 Å². The topological polar surface area (TPSA) is 111 Å². The minimum atomic E-state index is -1.10. The number of piperidine rings is 1. The Morgan fingerprint density at radius 2 is 2.28 bits per heavy atom. The SMILES string of the molecule is CCOc1ccc(C(=O)N2CCCC(Cn3cc(C(=O)O)nn3)C2)o1. The average Bonchev–Trinajstić information content (AvgIpc) is 3.24. The maximum absolute atomic E-state index is 12.6. The molecule has 2 aromatic rings. The molecule has 1 aliphatic heterocycles. The summed E-state index contributed by atoms with van der Waals surface area (Å²) in [5.41, 5.74) is -0.0808. The lowest BCUT2D eigenvalue weighted by molar-refractivity contribution is 0.0619. The van der Waals surface area contributed by atoms with Crippen LogP contribution in [0.2, 0.25) is 0 Å². The molecule has 1 saturated heterocycles. The molecule has 0 saturated carbocycles. The Bertz CT molecular complexity index is 753. The molecular formula is C16H20N4O5. The van der Waals surface area contributed by atoms with Crippen molar-refractivity contribution < 1.29 is 23.8 Å². The van der Waals surface area contributed by atoms with E-state index in [-0.39, 0.29) is 23.3 Å². The summed E-state index contributed by atoms with van der Waals surface area (Å²) in [4.78, 5) is 25.2.